The summed E-state index contributed by atoms with van der Waals surface area (Å²) in [5.74, 6) is -0.486. The monoisotopic (exact) mass is 675 g/mol. The van der Waals surface area contributed by atoms with Crippen molar-refractivity contribution in [3.8, 4) is 0 Å². The Morgan fingerprint density at radius 1 is 1.17 bits per heavy atom. The Labute approximate surface area is 256 Å². The van der Waals surface area contributed by atoms with E-state index in [9.17, 15) is 9.90 Å². The van der Waals surface area contributed by atoms with E-state index in [0.29, 0.717) is 38.3 Å². The highest BCUT2D eigenvalue weighted by molar-refractivity contribution is 14.1. The third kappa shape index (κ3) is 8.73. The summed E-state index contributed by atoms with van der Waals surface area (Å²) in [6.07, 6.45) is 11.7. The van der Waals surface area contributed by atoms with E-state index in [0.717, 1.165) is 60.1 Å². The number of anilines is 1. The van der Waals surface area contributed by atoms with Gasteiger partial charge in [-0.1, -0.05) is 50.1 Å². The zero-order valence-corrected chi connectivity index (χ0v) is 26.4. The number of nitrogens with two attached hydrogens (primary N) is 1. The van der Waals surface area contributed by atoms with Crippen molar-refractivity contribution in [3.63, 3.8) is 0 Å². The molecule has 2 aromatic heterocycles. The first kappa shape index (κ1) is 31.4. The lowest BCUT2D eigenvalue weighted by Crippen LogP contribution is -2.35. The lowest BCUT2D eigenvalue weighted by molar-refractivity contribution is -0.143. The minimum absolute atomic E-state index is 0.205. The van der Waals surface area contributed by atoms with Crippen LogP contribution in [0, 0.1) is 12.8 Å². The fraction of sp³-hybridized carbons (Fsp3) is 0.531. The molecule has 3 aromatic rings. The molecule has 41 heavy (non-hydrogen) atoms. The first-order valence-corrected chi connectivity index (χ1v) is 15.9. The number of hydrogen-bond acceptors (Lipinski definition) is 5. The number of benzene rings is 1. The molecule has 1 aliphatic rings. The number of alkyl halides is 2. The summed E-state index contributed by atoms with van der Waals surface area (Å²) in [5, 5.41) is 14.4. The first-order valence-electron chi connectivity index (χ1n) is 14.8. The average Bonchev–Trinajstić information content (AvgIpc) is 3.58. The van der Waals surface area contributed by atoms with E-state index in [1.54, 1.807) is 0 Å². The molecule has 9 heteroatoms. The van der Waals surface area contributed by atoms with Gasteiger partial charge in [0.05, 0.1) is 12.7 Å². The maximum atomic E-state index is 15.9. The highest BCUT2D eigenvalue weighted by Gasteiger charge is 2.43. The predicted molar refractivity (Wildman–Crippen MR) is 170 cm³/mol. The molecule has 0 bridgehead atoms. The Balaban J connectivity index is 1.27. The molecule has 3 heterocycles. The summed E-state index contributed by atoms with van der Waals surface area (Å²) in [5.41, 5.74) is 11.1. The number of nitrogens with zero attached hydrogens (tertiary/aromatic N) is 4. The number of unbranched alkanes of at least 4 members (excludes halogenated alkanes) is 3. The number of hydrogen-bond donors (Lipinski definition) is 2. The van der Waals surface area contributed by atoms with Gasteiger partial charge in [-0.05, 0) is 109 Å². The lowest BCUT2D eigenvalue weighted by Gasteiger charge is -2.28. The number of rotatable bonds is 15. The molecule has 1 fully saturated rings. The molecule has 3 atom stereocenters. The number of carboxylic acid groups (broad SMARTS) is 1. The van der Waals surface area contributed by atoms with E-state index in [1.807, 2.05) is 75.8 Å². The van der Waals surface area contributed by atoms with E-state index < -0.39 is 15.7 Å². The second kappa shape index (κ2) is 14.6. The Morgan fingerprint density at radius 2 is 1.93 bits per heavy atom. The van der Waals surface area contributed by atoms with Crippen LogP contribution in [0.1, 0.15) is 85.9 Å². The molecule has 222 valence electrons. The van der Waals surface area contributed by atoms with Gasteiger partial charge in [-0.15, -0.1) is 0 Å². The molecule has 0 amide bonds. The van der Waals surface area contributed by atoms with Gasteiger partial charge in [0, 0.05) is 24.4 Å². The van der Waals surface area contributed by atoms with Gasteiger partial charge in [0.25, 0.3) is 0 Å². The molecule has 1 saturated heterocycles. The number of likely N-dealkylation sites (tertiary alicyclic amines) is 1. The van der Waals surface area contributed by atoms with Crippen molar-refractivity contribution >= 4 is 34.4 Å². The number of aliphatic carboxylic acids is 1. The first-order chi connectivity index (χ1) is 19.7. The van der Waals surface area contributed by atoms with E-state index in [2.05, 4.69) is 29.1 Å². The van der Waals surface area contributed by atoms with E-state index in [4.69, 9.17) is 5.73 Å². The average molecular weight is 676 g/mol. The summed E-state index contributed by atoms with van der Waals surface area (Å²) >= 11 is 1.95. The Kier molecular flexibility index (Phi) is 11.2. The van der Waals surface area contributed by atoms with Gasteiger partial charge in [-0.3, -0.25) is 14.4 Å². The molecule has 0 spiro atoms. The van der Waals surface area contributed by atoms with Crippen molar-refractivity contribution in [1.29, 1.82) is 0 Å². The van der Waals surface area contributed by atoms with Crippen molar-refractivity contribution in [2.75, 3.05) is 18.8 Å². The van der Waals surface area contributed by atoms with Crippen LogP contribution in [0.15, 0.2) is 48.8 Å². The standard InChI is InChI=1S/C32H43FIN5O2/c1-3-4-5-8-26-14-15-28(37-30(26)35)9-6-7-17-32(33,34)27-16-18-38(22-27)29(31(40)41)25-12-10-24(11-13-25)21-39-20-23(2)19-36-39/h10-15,19-20,27,29H,3-9,16-18,21-22H2,1-2H3,(H2,35,37)(H,40,41)/t27-,29?,32?/m1/s1. The predicted octanol–water partition coefficient (Wildman–Crippen LogP) is 6.91. The van der Waals surface area contributed by atoms with Gasteiger partial charge in [-0.2, -0.15) is 5.10 Å². The van der Waals surface area contributed by atoms with E-state index in [1.165, 1.54) is 12.8 Å². The molecular formula is C32H43FIN5O2. The Morgan fingerprint density at radius 3 is 2.59 bits per heavy atom. The summed E-state index contributed by atoms with van der Waals surface area (Å²) in [6, 6.07) is 11.0. The third-order valence-electron chi connectivity index (χ3n) is 8.13. The summed E-state index contributed by atoms with van der Waals surface area (Å²) in [7, 11) is 0. The van der Waals surface area contributed by atoms with Crippen molar-refractivity contribution in [2.45, 2.75) is 87.9 Å². The second-order valence-electron chi connectivity index (χ2n) is 11.5. The highest BCUT2D eigenvalue weighted by Crippen LogP contribution is 2.42. The van der Waals surface area contributed by atoms with Crippen LogP contribution in [0.3, 0.4) is 0 Å². The summed E-state index contributed by atoms with van der Waals surface area (Å²) in [4.78, 5) is 18.8. The topological polar surface area (TPSA) is 97.3 Å². The second-order valence-corrected chi connectivity index (χ2v) is 13.2. The molecule has 1 aliphatic heterocycles. The van der Waals surface area contributed by atoms with Crippen LogP contribution in [-0.4, -0.2) is 47.5 Å². The van der Waals surface area contributed by atoms with Gasteiger partial charge >= 0.3 is 5.97 Å². The molecule has 0 saturated carbocycles. The number of aromatic nitrogens is 3. The SMILES string of the molecule is CCCCCc1ccc(CCCCC(F)(I)[C@@H]2CCN(C(C(=O)O)c3ccc(Cn4cc(C)cn4)cc3)C2)nc1N. The van der Waals surface area contributed by atoms with Gasteiger partial charge in [0.15, 0.2) is 3.68 Å². The number of nitrogen functional groups attached to an aromatic ring is 1. The fourth-order valence-corrected chi connectivity index (χ4v) is 6.64. The fourth-order valence-electron chi connectivity index (χ4n) is 5.75. The number of aryl methyl sites for hydroxylation is 3. The minimum atomic E-state index is -1.38. The van der Waals surface area contributed by atoms with Crippen LogP contribution in [0.2, 0.25) is 0 Å². The third-order valence-corrected chi connectivity index (χ3v) is 9.55. The van der Waals surface area contributed by atoms with Crippen molar-refractivity contribution < 1.29 is 14.3 Å². The van der Waals surface area contributed by atoms with Gasteiger partial charge in [0.2, 0.25) is 0 Å². The molecule has 1 aromatic carbocycles. The maximum Gasteiger partial charge on any atom is 0.325 e. The van der Waals surface area contributed by atoms with Crippen LogP contribution >= 0.6 is 22.6 Å². The Hall–Kier alpha value is -2.53. The lowest BCUT2D eigenvalue weighted by atomic mass is 9.97. The largest absolute Gasteiger partial charge is 0.480 e. The van der Waals surface area contributed by atoms with Crippen molar-refractivity contribution in [1.82, 2.24) is 19.7 Å². The van der Waals surface area contributed by atoms with Crippen molar-refractivity contribution in [2.24, 2.45) is 5.92 Å². The van der Waals surface area contributed by atoms with Crippen molar-refractivity contribution in [3.05, 3.63) is 76.7 Å². The Bertz CT molecular complexity index is 1280. The zero-order chi connectivity index (χ0) is 29.4. The normalized spacial score (nSPS) is 17.9. The number of pyridine rings is 1. The minimum Gasteiger partial charge on any atom is -0.480 e. The summed E-state index contributed by atoms with van der Waals surface area (Å²) in [6.45, 7) is 5.82. The van der Waals surface area contributed by atoms with Crippen LogP contribution in [-0.2, 0) is 24.2 Å². The van der Waals surface area contributed by atoms with E-state index in [-0.39, 0.29) is 5.92 Å². The molecule has 2 unspecified atom stereocenters. The molecular weight excluding hydrogens is 632 g/mol. The molecule has 0 radical (unpaired) electrons. The van der Waals surface area contributed by atoms with Crippen LogP contribution < -0.4 is 5.73 Å². The van der Waals surface area contributed by atoms with Crippen LogP contribution in [0.4, 0.5) is 10.2 Å². The zero-order valence-electron chi connectivity index (χ0n) is 24.2. The number of carbonyl (C=O) groups is 1. The van der Waals surface area contributed by atoms with Gasteiger partial charge in [-0.25, -0.2) is 9.37 Å². The molecule has 0 aliphatic carbocycles. The van der Waals surface area contributed by atoms with Gasteiger partial charge in [0.1, 0.15) is 11.9 Å². The smallest absolute Gasteiger partial charge is 0.325 e. The quantitative estimate of drug-likeness (QED) is 0.103. The van der Waals surface area contributed by atoms with Crippen LogP contribution in [0.5, 0.6) is 0 Å². The number of carboxylic acids is 1. The van der Waals surface area contributed by atoms with Gasteiger partial charge < -0.3 is 10.8 Å². The highest BCUT2D eigenvalue weighted by atomic mass is 127. The number of halogens is 2. The van der Waals surface area contributed by atoms with E-state index >= 15 is 4.39 Å². The maximum absolute atomic E-state index is 15.9. The molecule has 7 nitrogen and oxygen atoms in total. The summed E-state index contributed by atoms with van der Waals surface area (Å²) < 4.78 is 16.3. The molecule has 3 N–H and O–H groups in total. The molecule has 4 rings (SSSR count). The van der Waals surface area contributed by atoms with Crippen LogP contribution in [0.25, 0.3) is 0 Å².